The van der Waals surface area contributed by atoms with Gasteiger partial charge in [-0.2, -0.15) is 31.3 Å². The van der Waals surface area contributed by atoms with Crippen molar-refractivity contribution in [2.75, 3.05) is 22.6 Å². The van der Waals surface area contributed by atoms with E-state index in [9.17, 15) is 48.7 Å². The van der Waals surface area contributed by atoms with Crippen LogP contribution in [0.4, 0.5) is 51.3 Å². The molecule has 1 aliphatic rings. The third kappa shape index (κ3) is 8.05. The van der Waals surface area contributed by atoms with E-state index in [0.29, 0.717) is 0 Å². The molecular formula is C28H18F8N6O5S2. The first-order valence-corrected chi connectivity index (χ1v) is 15.8. The summed E-state index contributed by atoms with van der Waals surface area (Å²) >= 11 is 0.772. The van der Waals surface area contributed by atoms with Crippen molar-refractivity contribution in [1.29, 1.82) is 0 Å². The Balaban J connectivity index is 1.30. The smallest absolute Gasteiger partial charge is 0.367 e. The fourth-order valence-electron chi connectivity index (χ4n) is 4.24. The Morgan fingerprint density at radius 3 is 2.37 bits per heavy atom. The number of sulfone groups is 1. The molecule has 21 heteroatoms. The van der Waals surface area contributed by atoms with E-state index in [2.05, 4.69) is 25.1 Å². The van der Waals surface area contributed by atoms with Gasteiger partial charge in [-0.3, -0.25) is 9.69 Å². The maximum absolute atomic E-state index is 15.0. The van der Waals surface area contributed by atoms with Crippen molar-refractivity contribution >= 4 is 50.1 Å². The van der Waals surface area contributed by atoms with Crippen LogP contribution in [0.1, 0.15) is 5.56 Å². The highest BCUT2D eigenvalue weighted by Gasteiger charge is 2.46. The van der Waals surface area contributed by atoms with Gasteiger partial charge in [0.25, 0.3) is 9.84 Å². The van der Waals surface area contributed by atoms with E-state index in [1.54, 1.807) is 0 Å². The molecule has 0 spiro atoms. The molecule has 2 heterocycles. The number of amides is 3. The first kappa shape index (κ1) is 35.4. The Hall–Kier alpha value is -4.89. The predicted octanol–water partition coefficient (Wildman–Crippen LogP) is 6.25. The third-order valence-electron chi connectivity index (χ3n) is 6.45. The lowest BCUT2D eigenvalue weighted by atomic mass is 10.1. The fourth-order valence-corrected chi connectivity index (χ4v) is 5.86. The summed E-state index contributed by atoms with van der Waals surface area (Å²) in [6, 6.07) is 8.77. The zero-order valence-electron chi connectivity index (χ0n) is 24.1. The molecule has 1 fully saturated rings. The van der Waals surface area contributed by atoms with Gasteiger partial charge >= 0.3 is 17.7 Å². The maximum Gasteiger partial charge on any atom is 0.501 e. The van der Waals surface area contributed by atoms with E-state index < -0.39 is 63.2 Å². The Bertz CT molecular complexity index is 2050. The number of halogens is 8. The van der Waals surface area contributed by atoms with Crippen molar-refractivity contribution in [3.05, 3.63) is 84.2 Å². The molecule has 11 nitrogen and oxygen atoms in total. The quantitative estimate of drug-likeness (QED) is 0.210. The molecule has 0 saturated carbocycles. The summed E-state index contributed by atoms with van der Waals surface area (Å²) in [4.78, 5) is 33.0. The van der Waals surface area contributed by atoms with Crippen LogP contribution in [0.15, 0.2) is 76.9 Å². The molecule has 5 rings (SSSR count). The van der Waals surface area contributed by atoms with Crippen molar-refractivity contribution in [1.82, 2.24) is 14.8 Å². The highest BCUT2D eigenvalue weighted by atomic mass is 32.2. The fraction of sp³-hybridized carbons (Fsp3) is 0.179. The molecule has 1 N–H and O–H groups in total. The van der Waals surface area contributed by atoms with Crippen LogP contribution in [0.2, 0.25) is 0 Å². The van der Waals surface area contributed by atoms with Crippen molar-refractivity contribution in [3.63, 3.8) is 0 Å². The Morgan fingerprint density at radius 2 is 1.71 bits per heavy atom. The Morgan fingerprint density at radius 1 is 1.00 bits per heavy atom. The van der Waals surface area contributed by atoms with Crippen LogP contribution in [-0.4, -0.2) is 64.3 Å². The second kappa shape index (κ2) is 13.6. The number of aliphatic imine (C=N–C) groups is 1. The van der Waals surface area contributed by atoms with E-state index >= 15 is 4.39 Å². The molecular weight excluding hydrogens is 716 g/mol. The average molecular weight is 735 g/mol. The molecule has 258 valence electrons. The van der Waals surface area contributed by atoms with Crippen LogP contribution in [0.3, 0.4) is 0 Å². The molecule has 1 aliphatic heterocycles. The number of nitrogens with one attached hydrogen (secondary N) is 1. The predicted molar refractivity (Wildman–Crippen MR) is 159 cm³/mol. The second-order valence-corrected chi connectivity index (χ2v) is 12.8. The zero-order valence-corrected chi connectivity index (χ0v) is 25.7. The summed E-state index contributed by atoms with van der Waals surface area (Å²) in [5.74, 6) is -2.77. The van der Waals surface area contributed by atoms with E-state index in [1.165, 1.54) is 6.07 Å². The van der Waals surface area contributed by atoms with Gasteiger partial charge in [0.15, 0.2) is 11.0 Å². The summed E-state index contributed by atoms with van der Waals surface area (Å²) in [5, 5.41) is 6.03. The summed E-state index contributed by atoms with van der Waals surface area (Å²) < 4.78 is 134. The first-order valence-electron chi connectivity index (χ1n) is 13.3. The minimum atomic E-state index is -5.56. The number of nitrogens with zero attached hydrogens (tertiary/aromatic N) is 5. The van der Waals surface area contributed by atoms with Crippen LogP contribution in [0.25, 0.3) is 17.1 Å². The van der Waals surface area contributed by atoms with Crippen LogP contribution >= 0.6 is 11.8 Å². The Labute approximate surface area is 274 Å². The molecule has 1 saturated heterocycles. The van der Waals surface area contributed by atoms with Gasteiger partial charge < -0.3 is 10.1 Å². The first-order chi connectivity index (χ1) is 22.9. The Kier molecular flexibility index (Phi) is 9.79. The van der Waals surface area contributed by atoms with Gasteiger partial charge in [0.1, 0.15) is 24.6 Å². The van der Waals surface area contributed by atoms with Gasteiger partial charge in [0.2, 0.25) is 5.91 Å². The number of anilines is 2. The number of benzene rings is 3. The minimum absolute atomic E-state index is 0.00120. The molecule has 0 atom stereocenters. The lowest BCUT2D eigenvalue weighted by Crippen LogP contribution is -2.31. The monoisotopic (exact) mass is 734 g/mol. The lowest BCUT2D eigenvalue weighted by Gasteiger charge is -2.20. The summed E-state index contributed by atoms with van der Waals surface area (Å²) in [5.41, 5.74) is -5.81. The molecule has 0 bridgehead atoms. The van der Waals surface area contributed by atoms with E-state index in [4.69, 9.17) is 0 Å². The molecule has 0 aliphatic carbocycles. The van der Waals surface area contributed by atoms with Crippen molar-refractivity contribution in [3.8, 4) is 17.1 Å². The molecule has 3 amide bonds. The van der Waals surface area contributed by atoms with Crippen molar-refractivity contribution < 1.29 is 57.9 Å². The molecule has 49 heavy (non-hydrogen) atoms. The van der Waals surface area contributed by atoms with Crippen molar-refractivity contribution in [2.45, 2.75) is 23.2 Å². The van der Waals surface area contributed by atoms with Crippen LogP contribution in [0.5, 0.6) is 0 Å². The second-order valence-electron chi connectivity index (χ2n) is 9.87. The van der Waals surface area contributed by atoms with Gasteiger partial charge in [-0.15, -0.1) is 5.10 Å². The van der Waals surface area contributed by atoms with E-state index in [0.717, 1.165) is 82.3 Å². The molecule has 0 unspecified atom stereocenters. The molecule has 4 aromatic rings. The van der Waals surface area contributed by atoms with Crippen LogP contribution in [-0.2, 0) is 26.0 Å². The van der Waals surface area contributed by atoms with Crippen molar-refractivity contribution in [2.24, 2.45) is 4.99 Å². The average Bonchev–Trinajstić information content (AvgIpc) is 3.65. The lowest BCUT2D eigenvalue weighted by molar-refractivity contribution is -0.176. The minimum Gasteiger partial charge on any atom is -0.367 e. The standard InChI is InChI=1S/C28H18F8N6O5S2/c29-17-3-1-16(11-47-13-27(31,32)33)22(10-17)42-23(43)12-48-26(42)39-25(44)38-21-8-2-15(9-20(21)30)24-37-14-41(40-24)18-4-6-19(7-5-18)49(45,46)28(34,35)36/h1-10,14H,11-13H2,(H,38,44)/b39-26-. The van der Waals surface area contributed by atoms with Gasteiger partial charge in [0.05, 0.1) is 34.3 Å². The number of carbonyl (C=O) groups excluding carboxylic acids is 2. The number of urea groups is 1. The zero-order chi connectivity index (χ0) is 35.7. The number of amidine groups is 1. The largest absolute Gasteiger partial charge is 0.501 e. The number of aromatic nitrogens is 3. The van der Waals surface area contributed by atoms with Gasteiger partial charge in [-0.05, 0) is 54.6 Å². The number of hydrogen-bond acceptors (Lipinski definition) is 8. The third-order valence-corrected chi connectivity index (χ3v) is 8.88. The van der Waals surface area contributed by atoms with Gasteiger partial charge in [-0.1, -0.05) is 17.8 Å². The van der Waals surface area contributed by atoms with Crippen LogP contribution < -0.4 is 10.2 Å². The molecule has 3 aromatic carbocycles. The SMILES string of the molecule is O=C(/N=C1\SCC(=O)N1c1cc(F)ccc1COCC(F)(F)F)Nc1ccc(-c2ncn(-c3ccc(S(=O)(=O)C(F)(F)F)cc3)n2)cc1F. The highest BCUT2D eigenvalue weighted by molar-refractivity contribution is 8.15. The number of thioether (sulfide) groups is 1. The van der Waals surface area contributed by atoms with E-state index in [-0.39, 0.29) is 44.9 Å². The number of rotatable bonds is 8. The molecule has 1 aromatic heterocycles. The maximum atomic E-state index is 15.0. The number of hydrogen-bond donors (Lipinski definition) is 1. The number of ether oxygens (including phenoxy) is 1. The van der Waals surface area contributed by atoms with Gasteiger partial charge in [-0.25, -0.2) is 31.7 Å². The summed E-state index contributed by atoms with van der Waals surface area (Å²) in [6.45, 7) is -2.25. The van der Waals surface area contributed by atoms with Gasteiger partial charge in [0, 0.05) is 11.1 Å². The topological polar surface area (TPSA) is 136 Å². The van der Waals surface area contributed by atoms with Crippen LogP contribution in [0, 0.1) is 11.6 Å². The molecule has 0 radical (unpaired) electrons. The number of alkyl halides is 6. The number of carbonyl (C=O) groups is 2. The normalized spacial score (nSPS) is 14.9. The summed E-state index contributed by atoms with van der Waals surface area (Å²) in [7, 11) is -5.56. The highest BCUT2D eigenvalue weighted by Crippen LogP contribution is 2.33. The summed E-state index contributed by atoms with van der Waals surface area (Å²) in [6.07, 6.45) is -3.49. The van der Waals surface area contributed by atoms with E-state index in [1.807, 2.05) is 0 Å².